The van der Waals surface area contributed by atoms with E-state index in [2.05, 4.69) is 15.3 Å². The molecule has 1 aromatic heterocycles. The Morgan fingerprint density at radius 3 is 2.77 bits per heavy atom. The molecule has 0 aliphatic rings. The monoisotopic (exact) mass is 174 g/mol. The molecule has 0 saturated carbocycles. The highest BCUT2D eigenvalue weighted by Gasteiger charge is 1.90. The quantitative estimate of drug-likeness (QED) is 0.753. The normalized spacial score (nSPS) is 9.85. The lowest BCUT2D eigenvalue weighted by Gasteiger charge is -1.96. The molecule has 1 heterocycles. The van der Waals surface area contributed by atoms with Gasteiger partial charge in [-0.1, -0.05) is 12.2 Å². The lowest BCUT2D eigenvalue weighted by Crippen LogP contribution is -1.94. The molecule has 0 radical (unpaired) electrons. The van der Waals surface area contributed by atoms with Gasteiger partial charge in [-0.05, 0) is 0 Å². The Bertz CT molecular complexity index is 320. The van der Waals surface area contributed by atoms with Crippen molar-refractivity contribution in [2.75, 3.05) is 12.4 Å². The molecule has 0 aromatic carbocycles. The van der Waals surface area contributed by atoms with Crippen LogP contribution in [-0.4, -0.2) is 17.0 Å². The van der Waals surface area contributed by atoms with Crippen molar-refractivity contribution in [1.82, 2.24) is 9.97 Å². The van der Waals surface area contributed by atoms with E-state index in [9.17, 15) is 0 Å². The van der Waals surface area contributed by atoms with Crippen molar-refractivity contribution < 1.29 is 0 Å². The maximum absolute atomic E-state index is 8.28. The first-order chi connectivity index (χ1) is 6.36. The maximum atomic E-state index is 8.28. The molecule has 0 aliphatic heterocycles. The summed E-state index contributed by atoms with van der Waals surface area (Å²) in [5, 5.41) is 11.1. The van der Waals surface area contributed by atoms with Crippen LogP contribution in [0.4, 0.5) is 5.95 Å². The number of nitrogens with zero attached hydrogens (tertiary/aromatic N) is 3. The van der Waals surface area contributed by atoms with Crippen LogP contribution in [0.3, 0.4) is 0 Å². The van der Waals surface area contributed by atoms with Crippen LogP contribution in [0, 0.1) is 11.3 Å². The fourth-order valence-electron chi connectivity index (χ4n) is 0.801. The third-order valence-corrected chi connectivity index (χ3v) is 1.41. The SMILES string of the molecule is CNc1ncc(C=CCC#N)cn1. The van der Waals surface area contributed by atoms with Gasteiger partial charge in [-0.15, -0.1) is 0 Å². The van der Waals surface area contributed by atoms with Crippen molar-refractivity contribution in [3.63, 3.8) is 0 Å². The van der Waals surface area contributed by atoms with Crippen molar-refractivity contribution in [1.29, 1.82) is 5.26 Å². The van der Waals surface area contributed by atoms with E-state index in [4.69, 9.17) is 5.26 Å². The van der Waals surface area contributed by atoms with Crippen LogP contribution in [0.2, 0.25) is 0 Å². The van der Waals surface area contributed by atoms with Crippen LogP contribution < -0.4 is 5.32 Å². The number of nitriles is 1. The molecule has 0 fully saturated rings. The Morgan fingerprint density at radius 2 is 2.23 bits per heavy atom. The molecule has 1 rings (SSSR count). The molecule has 0 aliphatic carbocycles. The Kier molecular flexibility index (Phi) is 3.45. The predicted octanol–water partition coefficient (Wildman–Crippen LogP) is 1.45. The van der Waals surface area contributed by atoms with Gasteiger partial charge >= 0.3 is 0 Å². The number of aromatic nitrogens is 2. The first kappa shape index (κ1) is 9.20. The fraction of sp³-hybridized carbons (Fsp3) is 0.222. The summed E-state index contributed by atoms with van der Waals surface area (Å²) >= 11 is 0. The molecule has 4 heteroatoms. The van der Waals surface area contributed by atoms with Crippen LogP contribution in [-0.2, 0) is 0 Å². The maximum Gasteiger partial charge on any atom is 0.222 e. The minimum Gasteiger partial charge on any atom is -0.357 e. The summed E-state index contributed by atoms with van der Waals surface area (Å²) in [6.45, 7) is 0. The van der Waals surface area contributed by atoms with Crippen molar-refractivity contribution in [2.45, 2.75) is 6.42 Å². The van der Waals surface area contributed by atoms with E-state index in [-0.39, 0.29) is 0 Å². The van der Waals surface area contributed by atoms with Crippen LogP contribution >= 0.6 is 0 Å². The summed E-state index contributed by atoms with van der Waals surface area (Å²) in [7, 11) is 1.76. The van der Waals surface area contributed by atoms with Gasteiger partial charge in [-0.3, -0.25) is 0 Å². The van der Waals surface area contributed by atoms with Crippen molar-refractivity contribution >= 4 is 12.0 Å². The second kappa shape index (κ2) is 4.88. The van der Waals surface area contributed by atoms with E-state index < -0.39 is 0 Å². The third-order valence-electron chi connectivity index (χ3n) is 1.41. The summed E-state index contributed by atoms with van der Waals surface area (Å²) < 4.78 is 0. The summed E-state index contributed by atoms with van der Waals surface area (Å²) in [4.78, 5) is 8.04. The highest BCUT2D eigenvalue weighted by Crippen LogP contribution is 2.01. The van der Waals surface area contributed by atoms with Crippen LogP contribution in [0.25, 0.3) is 6.08 Å². The van der Waals surface area contributed by atoms with Gasteiger partial charge in [0.05, 0.1) is 12.5 Å². The molecule has 66 valence electrons. The summed E-state index contributed by atoms with van der Waals surface area (Å²) in [6.07, 6.45) is 7.41. The molecular formula is C9H10N4. The summed E-state index contributed by atoms with van der Waals surface area (Å²) in [5.41, 5.74) is 0.897. The van der Waals surface area contributed by atoms with Gasteiger partial charge in [0.25, 0.3) is 0 Å². The third kappa shape index (κ3) is 2.91. The van der Waals surface area contributed by atoms with Crippen LogP contribution in [0.1, 0.15) is 12.0 Å². The molecule has 0 bridgehead atoms. The second-order valence-corrected chi connectivity index (χ2v) is 2.35. The standard InChI is InChI=1S/C9H10N4/c1-11-9-12-6-8(7-13-9)4-2-3-5-10/h2,4,6-7H,3H2,1H3,(H,11,12,13). The largest absolute Gasteiger partial charge is 0.357 e. The molecule has 0 unspecified atom stereocenters. The molecular weight excluding hydrogens is 164 g/mol. The first-order valence-corrected chi connectivity index (χ1v) is 3.90. The minimum absolute atomic E-state index is 0.410. The highest BCUT2D eigenvalue weighted by molar-refractivity contribution is 5.47. The van der Waals surface area contributed by atoms with E-state index >= 15 is 0 Å². The molecule has 1 aromatic rings. The zero-order chi connectivity index (χ0) is 9.52. The Balaban J connectivity index is 2.65. The topological polar surface area (TPSA) is 61.6 Å². The lowest BCUT2D eigenvalue weighted by molar-refractivity contribution is 1.14. The number of hydrogen-bond donors (Lipinski definition) is 1. The Hall–Kier alpha value is -1.89. The predicted molar refractivity (Wildman–Crippen MR) is 50.8 cm³/mol. The van der Waals surface area contributed by atoms with Crippen molar-refractivity contribution in [3.8, 4) is 6.07 Å². The van der Waals surface area contributed by atoms with Gasteiger partial charge in [-0.2, -0.15) is 5.26 Å². The van der Waals surface area contributed by atoms with E-state index in [0.29, 0.717) is 12.4 Å². The first-order valence-electron chi connectivity index (χ1n) is 3.90. The molecule has 0 saturated heterocycles. The average Bonchev–Trinajstić information content (AvgIpc) is 2.19. The molecule has 4 nitrogen and oxygen atoms in total. The van der Waals surface area contributed by atoms with Crippen molar-refractivity contribution in [3.05, 3.63) is 24.0 Å². The van der Waals surface area contributed by atoms with Gasteiger partial charge in [0.2, 0.25) is 5.95 Å². The minimum atomic E-state index is 0.410. The number of allylic oxidation sites excluding steroid dienone is 1. The lowest BCUT2D eigenvalue weighted by atomic mass is 10.3. The number of hydrogen-bond acceptors (Lipinski definition) is 4. The second-order valence-electron chi connectivity index (χ2n) is 2.35. The zero-order valence-electron chi connectivity index (χ0n) is 7.36. The van der Waals surface area contributed by atoms with E-state index in [1.807, 2.05) is 12.1 Å². The van der Waals surface area contributed by atoms with Crippen LogP contribution in [0.5, 0.6) is 0 Å². The molecule has 0 atom stereocenters. The number of nitrogens with one attached hydrogen (secondary N) is 1. The van der Waals surface area contributed by atoms with Gasteiger partial charge in [0.1, 0.15) is 0 Å². The van der Waals surface area contributed by atoms with Gasteiger partial charge in [0, 0.05) is 25.0 Å². The van der Waals surface area contributed by atoms with Crippen LogP contribution in [0.15, 0.2) is 18.5 Å². The zero-order valence-corrected chi connectivity index (χ0v) is 7.36. The Morgan fingerprint density at radius 1 is 1.54 bits per heavy atom. The molecule has 0 amide bonds. The van der Waals surface area contributed by atoms with Gasteiger partial charge in [0.15, 0.2) is 0 Å². The molecule has 13 heavy (non-hydrogen) atoms. The van der Waals surface area contributed by atoms with E-state index in [0.717, 1.165) is 5.56 Å². The molecule has 0 spiro atoms. The van der Waals surface area contributed by atoms with Gasteiger partial charge in [-0.25, -0.2) is 9.97 Å². The summed E-state index contributed by atoms with van der Waals surface area (Å²) in [5.74, 6) is 0.595. The smallest absolute Gasteiger partial charge is 0.222 e. The molecule has 1 N–H and O–H groups in total. The van der Waals surface area contributed by atoms with Gasteiger partial charge < -0.3 is 5.32 Å². The average molecular weight is 174 g/mol. The fourth-order valence-corrected chi connectivity index (χ4v) is 0.801. The highest BCUT2D eigenvalue weighted by atomic mass is 15.1. The Labute approximate surface area is 76.9 Å². The van der Waals surface area contributed by atoms with E-state index in [1.54, 1.807) is 25.5 Å². The number of anilines is 1. The number of rotatable bonds is 3. The summed E-state index contributed by atoms with van der Waals surface area (Å²) in [6, 6.07) is 2.02. The van der Waals surface area contributed by atoms with E-state index in [1.165, 1.54) is 0 Å². The van der Waals surface area contributed by atoms with Crippen molar-refractivity contribution in [2.24, 2.45) is 0 Å².